The van der Waals surface area contributed by atoms with Crippen molar-refractivity contribution in [3.05, 3.63) is 41.3 Å². The normalized spacial score (nSPS) is 15.1. The minimum atomic E-state index is -3.83. The molecule has 3 rings (SSSR count). The largest absolute Gasteiger partial charge is 0.283 e. The van der Waals surface area contributed by atoms with E-state index in [0.29, 0.717) is 18.4 Å². The van der Waals surface area contributed by atoms with E-state index in [1.165, 1.54) is 10.7 Å². The van der Waals surface area contributed by atoms with Crippen molar-refractivity contribution in [1.29, 1.82) is 0 Å². The molecule has 0 spiro atoms. The van der Waals surface area contributed by atoms with Crippen molar-refractivity contribution in [1.82, 2.24) is 9.78 Å². The van der Waals surface area contributed by atoms with E-state index >= 15 is 0 Å². The Morgan fingerprint density at radius 3 is 2.71 bits per heavy atom. The zero-order valence-electron chi connectivity index (χ0n) is 11.9. The maximum absolute atomic E-state index is 14.5. The number of hydrogen-bond acceptors (Lipinski definition) is 3. The smallest absolute Gasteiger partial charge is 0.274 e. The minimum Gasteiger partial charge on any atom is -0.274 e. The van der Waals surface area contributed by atoms with Gasteiger partial charge in [0.05, 0.1) is 5.69 Å². The lowest BCUT2D eigenvalue weighted by Gasteiger charge is -2.30. The number of anilines is 1. The molecule has 1 aromatic carbocycles. The molecule has 0 unspecified atom stereocenters. The maximum atomic E-state index is 14.5. The van der Waals surface area contributed by atoms with Crippen LogP contribution in [-0.2, 0) is 23.5 Å². The van der Waals surface area contributed by atoms with Gasteiger partial charge in [0.15, 0.2) is 10.8 Å². The summed E-state index contributed by atoms with van der Waals surface area (Å²) >= 11 is 0. The van der Waals surface area contributed by atoms with Crippen LogP contribution in [-0.4, -0.2) is 24.7 Å². The Balaban J connectivity index is 2.16. The summed E-state index contributed by atoms with van der Waals surface area (Å²) in [5.74, 6) is -0.466. The molecule has 2 heterocycles. The van der Waals surface area contributed by atoms with Gasteiger partial charge in [-0.15, -0.1) is 0 Å². The molecule has 5 nitrogen and oxygen atoms in total. The van der Waals surface area contributed by atoms with Gasteiger partial charge in [-0.2, -0.15) is 13.5 Å². The molecular formula is C14H16FN3O2S. The van der Waals surface area contributed by atoms with E-state index in [1.807, 2.05) is 0 Å². The predicted molar refractivity (Wildman–Crippen MR) is 77.2 cm³/mol. The summed E-state index contributed by atoms with van der Waals surface area (Å²) in [5, 5.41) is 3.89. The van der Waals surface area contributed by atoms with E-state index in [-0.39, 0.29) is 17.3 Å². The highest BCUT2D eigenvalue weighted by Gasteiger charge is 2.33. The molecular weight excluding hydrogens is 293 g/mol. The third-order valence-corrected chi connectivity index (χ3v) is 5.38. The Labute approximate surface area is 123 Å². The van der Waals surface area contributed by atoms with E-state index in [2.05, 4.69) is 5.10 Å². The fourth-order valence-corrected chi connectivity index (χ4v) is 4.08. The molecule has 0 saturated heterocycles. The zero-order chi connectivity index (χ0) is 15.2. The predicted octanol–water partition coefficient (Wildman–Crippen LogP) is 2.01. The van der Waals surface area contributed by atoms with Gasteiger partial charge >= 0.3 is 0 Å². The van der Waals surface area contributed by atoms with Gasteiger partial charge in [-0.05, 0) is 37.0 Å². The Bertz CT molecular complexity index is 799. The van der Waals surface area contributed by atoms with Crippen LogP contribution in [0.2, 0.25) is 0 Å². The first-order chi connectivity index (χ1) is 9.91. The molecule has 0 radical (unpaired) electrons. The number of aryl methyl sites for hydroxylation is 3. The molecule has 0 saturated carbocycles. The fraction of sp³-hybridized carbons (Fsp3) is 0.357. The molecule has 112 valence electrons. The second kappa shape index (κ2) is 4.84. The topological polar surface area (TPSA) is 55.2 Å². The van der Waals surface area contributed by atoms with Crippen LogP contribution >= 0.6 is 0 Å². The van der Waals surface area contributed by atoms with Gasteiger partial charge in [0, 0.05) is 19.8 Å². The zero-order valence-corrected chi connectivity index (χ0v) is 12.7. The van der Waals surface area contributed by atoms with E-state index in [4.69, 9.17) is 0 Å². The second-order valence-electron chi connectivity index (χ2n) is 5.21. The summed E-state index contributed by atoms with van der Waals surface area (Å²) in [5.41, 5.74) is 1.34. The molecule has 0 N–H and O–H groups in total. The van der Waals surface area contributed by atoms with E-state index in [9.17, 15) is 12.8 Å². The Morgan fingerprint density at radius 2 is 2.05 bits per heavy atom. The van der Waals surface area contributed by atoms with Crippen LogP contribution < -0.4 is 4.31 Å². The average Bonchev–Trinajstić information content (AvgIpc) is 2.90. The molecule has 0 amide bonds. The van der Waals surface area contributed by atoms with Crippen molar-refractivity contribution in [2.24, 2.45) is 7.05 Å². The Morgan fingerprint density at radius 1 is 1.29 bits per heavy atom. The number of nitrogens with zero attached hydrogens (tertiary/aromatic N) is 3. The quantitative estimate of drug-likeness (QED) is 0.852. The van der Waals surface area contributed by atoms with Crippen LogP contribution in [0, 0.1) is 12.7 Å². The number of aromatic nitrogens is 2. The Kier molecular flexibility index (Phi) is 3.24. The summed E-state index contributed by atoms with van der Waals surface area (Å²) < 4.78 is 42.4. The van der Waals surface area contributed by atoms with Crippen LogP contribution in [0.4, 0.5) is 10.1 Å². The molecule has 0 bridgehead atoms. The third-order valence-electron chi connectivity index (χ3n) is 3.69. The van der Waals surface area contributed by atoms with Crippen molar-refractivity contribution >= 4 is 15.7 Å². The number of sulfonamides is 1. The summed E-state index contributed by atoms with van der Waals surface area (Å²) in [4.78, 5) is 0. The van der Waals surface area contributed by atoms with Gasteiger partial charge in [0.2, 0.25) is 0 Å². The van der Waals surface area contributed by atoms with Gasteiger partial charge in [0.25, 0.3) is 10.0 Å². The molecule has 1 aromatic heterocycles. The maximum Gasteiger partial charge on any atom is 0.283 e. The van der Waals surface area contributed by atoms with Gasteiger partial charge in [-0.25, -0.2) is 4.39 Å². The Hall–Kier alpha value is -1.89. The van der Waals surface area contributed by atoms with Gasteiger partial charge in [-0.1, -0.05) is 12.1 Å². The monoisotopic (exact) mass is 309 g/mol. The number of benzene rings is 1. The highest BCUT2D eigenvalue weighted by atomic mass is 32.2. The lowest BCUT2D eigenvalue weighted by atomic mass is 10.0. The molecule has 0 aliphatic carbocycles. The molecule has 7 heteroatoms. The molecule has 21 heavy (non-hydrogen) atoms. The summed E-state index contributed by atoms with van der Waals surface area (Å²) in [7, 11) is -2.19. The number of hydrogen-bond donors (Lipinski definition) is 0. The number of fused-ring (bicyclic) bond motifs is 1. The molecule has 2 aromatic rings. The van der Waals surface area contributed by atoms with Crippen molar-refractivity contribution in [3.63, 3.8) is 0 Å². The van der Waals surface area contributed by atoms with Crippen LogP contribution in [0.25, 0.3) is 0 Å². The van der Waals surface area contributed by atoms with Crippen LogP contribution in [0.1, 0.15) is 17.5 Å². The minimum absolute atomic E-state index is 0.0567. The molecule has 0 fully saturated rings. The molecule has 0 atom stereocenters. The highest BCUT2D eigenvalue weighted by molar-refractivity contribution is 7.92. The SMILES string of the molecule is Cc1ccc2c(c1F)N(S(=O)(=O)c1ccn(C)n1)CCC2. The van der Waals surface area contributed by atoms with Gasteiger partial charge in [0.1, 0.15) is 0 Å². The fourth-order valence-electron chi connectivity index (χ4n) is 2.59. The lowest BCUT2D eigenvalue weighted by Crippen LogP contribution is -2.36. The third kappa shape index (κ3) is 2.21. The van der Waals surface area contributed by atoms with E-state index in [1.54, 1.807) is 32.3 Å². The standard InChI is InChI=1S/C14H16FN3O2S/c1-10-5-6-11-4-3-8-18(14(11)13(10)15)21(19,20)12-7-9-17(2)16-12/h5-7,9H,3-4,8H2,1-2H3. The summed E-state index contributed by atoms with van der Waals surface area (Å²) in [6.45, 7) is 1.90. The van der Waals surface area contributed by atoms with Crippen molar-refractivity contribution in [2.75, 3.05) is 10.8 Å². The number of rotatable bonds is 2. The van der Waals surface area contributed by atoms with Crippen molar-refractivity contribution < 1.29 is 12.8 Å². The van der Waals surface area contributed by atoms with Crippen molar-refractivity contribution in [3.8, 4) is 0 Å². The van der Waals surface area contributed by atoms with Crippen LogP contribution in [0.15, 0.2) is 29.4 Å². The molecule has 1 aliphatic rings. The van der Waals surface area contributed by atoms with E-state index < -0.39 is 15.8 Å². The van der Waals surface area contributed by atoms with Crippen LogP contribution in [0.3, 0.4) is 0 Å². The first-order valence-corrected chi connectivity index (χ1v) is 8.15. The van der Waals surface area contributed by atoms with E-state index in [0.717, 1.165) is 9.87 Å². The second-order valence-corrected chi connectivity index (χ2v) is 7.02. The lowest BCUT2D eigenvalue weighted by molar-refractivity contribution is 0.569. The summed E-state index contributed by atoms with van der Waals surface area (Å²) in [6, 6.07) is 4.91. The first-order valence-electron chi connectivity index (χ1n) is 6.71. The first kappa shape index (κ1) is 14.1. The number of halogens is 1. The molecule has 1 aliphatic heterocycles. The van der Waals surface area contributed by atoms with Gasteiger partial charge in [-0.3, -0.25) is 8.99 Å². The van der Waals surface area contributed by atoms with Crippen molar-refractivity contribution in [2.45, 2.75) is 24.8 Å². The van der Waals surface area contributed by atoms with Crippen LogP contribution in [0.5, 0.6) is 0 Å². The van der Waals surface area contributed by atoms with Gasteiger partial charge < -0.3 is 0 Å². The highest BCUT2D eigenvalue weighted by Crippen LogP contribution is 2.35. The summed E-state index contributed by atoms with van der Waals surface area (Å²) in [6.07, 6.45) is 2.91. The average molecular weight is 309 g/mol.